The Balaban J connectivity index is 2.38. The molecule has 0 unspecified atom stereocenters. The van der Waals surface area contributed by atoms with Crippen molar-refractivity contribution in [3.8, 4) is 0 Å². The summed E-state index contributed by atoms with van der Waals surface area (Å²) in [6, 6.07) is 6.66. The molecule has 0 bridgehead atoms. The topological polar surface area (TPSA) is 51.2 Å². The van der Waals surface area contributed by atoms with Gasteiger partial charge in [-0.15, -0.1) is 0 Å². The Morgan fingerprint density at radius 2 is 1.19 bits per heavy atom. The van der Waals surface area contributed by atoms with Crippen LogP contribution in [0.3, 0.4) is 0 Å². The molecule has 0 radical (unpaired) electrons. The van der Waals surface area contributed by atoms with E-state index in [0.29, 0.717) is 20.9 Å². The smallest absolute Gasteiger partial charge is 0.288 e. The van der Waals surface area contributed by atoms with E-state index in [-0.39, 0.29) is 15.6 Å². The molecule has 1 aliphatic rings. The average Bonchev–Trinajstić information content (AvgIpc) is 2.68. The van der Waals surface area contributed by atoms with Gasteiger partial charge in [-0.2, -0.15) is 0 Å². The van der Waals surface area contributed by atoms with Gasteiger partial charge in [-0.1, -0.05) is 46.9 Å². The molecule has 0 fully saturated rings. The van der Waals surface area contributed by atoms with E-state index in [1.54, 1.807) is 24.3 Å². The van der Waals surface area contributed by atoms with Crippen molar-refractivity contribution in [2.24, 2.45) is 0 Å². The van der Waals surface area contributed by atoms with Crippen LogP contribution < -0.4 is 4.06 Å². The zero-order valence-electron chi connectivity index (χ0n) is 7.85. The maximum Gasteiger partial charge on any atom is 0.288 e. The highest BCUT2D eigenvalue weighted by molar-refractivity contribution is 7.30. The zero-order valence-corrected chi connectivity index (χ0v) is 9.48. The third-order valence-electron chi connectivity index (χ3n) is 2.41. The fourth-order valence-corrected chi connectivity index (χ4v) is 3.73. The first kappa shape index (κ1) is 9.62. The fourth-order valence-electron chi connectivity index (χ4n) is 1.70. The number of hydrogen-bond donors (Lipinski definition) is 0. The van der Waals surface area contributed by atoms with Crippen molar-refractivity contribution in [1.82, 2.24) is 0 Å². The van der Waals surface area contributed by atoms with E-state index in [1.165, 1.54) is 0 Å². The molecule has 1 aliphatic carbocycles. The lowest BCUT2D eigenvalue weighted by Gasteiger charge is -2.11. The van der Waals surface area contributed by atoms with Gasteiger partial charge in [0.15, 0.2) is 0 Å². The molecule has 78 valence electrons. The molecule has 5 heteroatoms. The molecule has 0 amide bonds. The Morgan fingerprint density at radius 1 is 0.750 bits per heavy atom. The zero-order chi connectivity index (χ0) is 11.3. The van der Waals surface area contributed by atoms with Crippen LogP contribution in [0.4, 0.5) is 0 Å². The molecule has 0 spiro atoms. The number of fused-ring (bicyclic) bond motifs is 2. The quantitative estimate of drug-likeness (QED) is 0.611. The molecule has 16 heavy (non-hydrogen) atoms. The summed E-state index contributed by atoms with van der Waals surface area (Å²) in [4.78, 5) is 35.8. The Kier molecular flexibility index (Phi) is 1.92. The van der Waals surface area contributed by atoms with Crippen LogP contribution in [0.25, 0.3) is 0 Å². The van der Waals surface area contributed by atoms with Crippen LogP contribution in [0.1, 0.15) is 30.5 Å². The molecule has 0 saturated heterocycles. The van der Waals surface area contributed by atoms with Crippen LogP contribution in [-0.2, 0) is 0 Å². The molecule has 1 heterocycles. The second-order valence-corrected chi connectivity index (χ2v) is 5.54. The van der Waals surface area contributed by atoms with Crippen molar-refractivity contribution < 1.29 is 9.59 Å². The minimum Gasteiger partial charge on any atom is -0.288 e. The molecule has 3 rings (SSSR count). The van der Waals surface area contributed by atoms with Gasteiger partial charge in [0.2, 0.25) is 11.6 Å². The fraction of sp³-hybridized carbons (Fsp3) is 0. The van der Waals surface area contributed by atoms with Gasteiger partial charge in [0.1, 0.15) is 9.75 Å². The molecule has 3 nitrogen and oxygen atoms in total. The van der Waals surface area contributed by atoms with Crippen molar-refractivity contribution in [3.63, 3.8) is 0 Å². The third kappa shape index (κ3) is 1.15. The van der Waals surface area contributed by atoms with Crippen LogP contribution in [-0.4, -0.2) is 11.6 Å². The second-order valence-electron chi connectivity index (χ2n) is 3.32. The predicted molar refractivity (Wildman–Crippen MR) is 61.8 cm³/mol. The lowest BCUT2D eigenvalue weighted by molar-refractivity contribution is 0.0985. The third-order valence-corrected chi connectivity index (χ3v) is 4.56. The SMILES string of the molecule is O=C1c2ccccc2C(=O)c2sc(=O)sc21. The summed E-state index contributed by atoms with van der Waals surface area (Å²) < 4.78 is -0.209. The van der Waals surface area contributed by atoms with Gasteiger partial charge in [-0.3, -0.25) is 14.4 Å². The van der Waals surface area contributed by atoms with E-state index < -0.39 is 0 Å². The maximum absolute atomic E-state index is 12.0. The summed E-state index contributed by atoms with van der Waals surface area (Å²) >= 11 is 1.72. The highest BCUT2D eigenvalue weighted by Crippen LogP contribution is 2.30. The Labute approximate surface area is 98.0 Å². The van der Waals surface area contributed by atoms with E-state index in [4.69, 9.17) is 0 Å². The van der Waals surface area contributed by atoms with Crippen molar-refractivity contribution >= 4 is 34.2 Å². The van der Waals surface area contributed by atoms with Crippen LogP contribution in [0, 0.1) is 0 Å². The van der Waals surface area contributed by atoms with Gasteiger partial charge in [0.25, 0.3) is 4.06 Å². The standard InChI is InChI=1S/C11H4O3S2/c12-7-5-3-1-2-4-6(5)8(13)10-9(7)15-11(14)16-10/h1-4H. The Morgan fingerprint density at radius 3 is 1.62 bits per heavy atom. The molecule has 0 atom stereocenters. The molecule has 1 aromatic heterocycles. The maximum atomic E-state index is 12.0. The number of hydrogen-bond acceptors (Lipinski definition) is 5. The Bertz CT molecular complexity index is 623. The van der Waals surface area contributed by atoms with Crippen molar-refractivity contribution in [1.29, 1.82) is 0 Å². The van der Waals surface area contributed by atoms with Gasteiger partial charge in [0.05, 0.1) is 0 Å². The van der Waals surface area contributed by atoms with Crippen molar-refractivity contribution in [2.75, 3.05) is 0 Å². The molecular formula is C11H4O3S2. The summed E-state index contributed by atoms with van der Waals surface area (Å²) in [6.45, 7) is 0. The number of ketones is 2. The molecule has 0 saturated carbocycles. The van der Waals surface area contributed by atoms with Gasteiger partial charge in [-0.25, -0.2) is 0 Å². The van der Waals surface area contributed by atoms with Crippen molar-refractivity contribution in [2.45, 2.75) is 0 Å². The Hall–Kier alpha value is -1.59. The van der Waals surface area contributed by atoms with Gasteiger partial charge in [-0.05, 0) is 0 Å². The summed E-state index contributed by atoms with van der Waals surface area (Å²) in [5.74, 6) is -0.429. The minimum absolute atomic E-state index is 0.209. The van der Waals surface area contributed by atoms with E-state index in [0.717, 1.165) is 22.7 Å². The average molecular weight is 248 g/mol. The molecular weight excluding hydrogens is 244 g/mol. The van der Waals surface area contributed by atoms with E-state index >= 15 is 0 Å². The molecule has 0 aliphatic heterocycles. The number of rotatable bonds is 0. The lowest BCUT2D eigenvalue weighted by Crippen LogP contribution is -2.17. The molecule has 1 aromatic carbocycles. The predicted octanol–water partition coefficient (Wildman–Crippen LogP) is 1.95. The van der Waals surface area contributed by atoms with Gasteiger partial charge in [0, 0.05) is 11.1 Å². The van der Waals surface area contributed by atoms with Gasteiger partial charge >= 0.3 is 0 Å². The highest BCUT2D eigenvalue weighted by atomic mass is 32.2. The van der Waals surface area contributed by atoms with Crippen LogP contribution in [0.2, 0.25) is 0 Å². The van der Waals surface area contributed by atoms with E-state index in [1.807, 2.05) is 0 Å². The van der Waals surface area contributed by atoms with E-state index in [9.17, 15) is 14.4 Å². The second kappa shape index (κ2) is 3.20. The first-order valence-electron chi connectivity index (χ1n) is 4.51. The number of carbonyl (C=O) groups excluding carboxylic acids is 2. The molecule has 2 aromatic rings. The summed E-state index contributed by atoms with van der Waals surface area (Å²) in [5, 5.41) is 0. The number of benzene rings is 1. The molecule has 0 N–H and O–H groups in total. The summed E-state index contributed by atoms with van der Waals surface area (Å²) in [7, 11) is 0. The first-order chi connectivity index (χ1) is 7.68. The van der Waals surface area contributed by atoms with E-state index in [2.05, 4.69) is 0 Å². The highest BCUT2D eigenvalue weighted by Gasteiger charge is 2.32. The normalized spacial score (nSPS) is 13.5. The summed E-state index contributed by atoms with van der Waals surface area (Å²) in [5.41, 5.74) is 0.795. The lowest BCUT2D eigenvalue weighted by atomic mass is 9.93. The summed E-state index contributed by atoms with van der Waals surface area (Å²) in [6.07, 6.45) is 0. The van der Waals surface area contributed by atoms with Crippen LogP contribution >= 0.6 is 22.7 Å². The van der Waals surface area contributed by atoms with Crippen LogP contribution in [0.15, 0.2) is 29.1 Å². The minimum atomic E-state index is -0.214. The van der Waals surface area contributed by atoms with Gasteiger partial charge < -0.3 is 0 Å². The largest absolute Gasteiger partial charge is 0.288 e. The van der Waals surface area contributed by atoms with Crippen LogP contribution in [0.5, 0.6) is 0 Å². The van der Waals surface area contributed by atoms with Crippen molar-refractivity contribution in [3.05, 3.63) is 54.0 Å². The first-order valence-corrected chi connectivity index (χ1v) is 6.14. The number of carbonyl (C=O) groups is 2. The monoisotopic (exact) mass is 248 g/mol.